The molecule has 0 fully saturated rings. The van der Waals surface area contributed by atoms with Gasteiger partial charge in [-0.15, -0.1) is 0 Å². The van der Waals surface area contributed by atoms with E-state index in [1.54, 1.807) is 6.07 Å². The molecule has 0 unspecified atom stereocenters. The Bertz CT molecular complexity index is 497. The Balaban J connectivity index is 2.35. The first-order valence-corrected chi connectivity index (χ1v) is 6.08. The third-order valence-corrected chi connectivity index (χ3v) is 3.47. The molecule has 0 radical (unpaired) electrons. The van der Waals surface area contributed by atoms with Crippen LogP contribution in [0.4, 0.5) is 0 Å². The maximum Gasteiger partial charge on any atom is 0.148 e. The summed E-state index contributed by atoms with van der Waals surface area (Å²) in [5, 5.41) is 10.2. The molecule has 0 aliphatic heterocycles. The molecule has 0 bridgehead atoms. The summed E-state index contributed by atoms with van der Waals surface area (Å²) in [4.78, 5) is 1.87. The van der Waals surface area contributed by atoms with Gasteiger partial charge >= 0.3 is 0 Å². The van der Waals surface area contributed by atoms with Crippen LogP contribution in [-0.2, 0) is 0 Å². The van der Waals surface area contributed by atoms with E-state index in [0.29, 0.717) is 5.02 Å². The van der Waals surface area contributed by atoms with E-state index in [1.807, 2.05) is 43.3 Å². The van der Waals surface area contributed by atoms with Gasteiger partial charge in [0, 0.05) is 4.90 Å². The molecule has 0 saturated carbocycles. The first kappa shape index (κ1) is 11.4. The molecule has 1 N–H and O–H groups in total. The molecule has 16 heavy (non-hydrogen) atoms. The zero-order valence-corrected chi connectivity index (χ0v) is 10.3. The molecule has 0 saturated heterocycles. The van der Waals surface area contributed by atoms with Crippen molar-refractivity contribution >= 4 is 23.4 Å². The fraction of sp³-hybridized carbons (Fsp3) is 0.0769. The Morgan fingerprint density at radius 2 is 1.81 bits per heavy atom. The lowest BCUT2D eigenvalue weighted by molar-refractivity contribution is 0.462. The van der Waals surface area contributed by atoms with Gasteiger partial charge < -0.3 is 5.11 Å². The van der Waals surface area contributed by atoms with E-state index < -0.39 is 0 Å². The van der Waals surface area contributed by atoms with Crippen molar-refractivity contribution in [2.45, 2.75) is 16.7 Å². The molecule has 0 aliphatic rings. The summed E-state index contributed by atoms with van der Waals surface area (Å²) in [5.41, 5.74) is 1.04. The van der Waals surface area contributed by atoms with Crippen molar-refractivity contribution in [1.29, 1.82) is 0 Å². The summed E-state index contributed by atoms with van der Waals surface area (Å²) in [5.74, 6) is 0.154. The average molecular weight is 251 g/mol. The number of phenols is 1. The quantitative estimate of drug-likeness (QED) is 0.847. The first-order chi connectivity index (χ1) is 7.66. The second kappa shape index (κ2) is 4.81. The number of hydrogen-bond acceptors (Lipinski definition) is 2. The van der Waals surface area contributed by atoms with Crippen molar-refractivity contribution in [3.8, 4) is 5.75 Å². The maximum absolute atomic E-state index is 9.83. The Morgan fingerprint density at radius 3 is 2.50 bits per heavy atom. The predicted molar refractivity (Wildman–Crippen MR) is 68.4 cm³/mol. The third-order valence-electron chi connectivity index (χ3n) is 2.14. The minimum absolute atomic E-state index is 0.154. The molecule has 2 rings (SSSR count). The molecule has 2 aromatic rings. The number of aryl methyl sites for hydroxylation is 1. The Morgan fingerprint density at radius 1 is 1.12 bits per heavy atom. The highest BCUT2D eigenvalue weighted by Crippen LogP contribution is 2.39. The highest BCUT2D eigenvalue weighted by Gasteiger charge is 2.08. The highest BCUT2D eigenvalue weighted by molar-refractivity contribution is 7.99. The van der Waals surface area contributed by atoms with Crippen molar-refractivity contribution in [3.05, 3.63) is 53.1 Å². The van der Waals surface area contributed by atoms with Crippen molar-refractivity contribution in [2.24, 2.45) is 0 Å². The smallest absolute Gasteiger partial charge is 0.148 e. The summed E-state index contributed by atoms with van der Waals surface area (Å²) >= 11 is 7.43. The standard InChI is InChI=1S/C13H11ClOS/c1-9-7-11(14)13(15)12(8-9)16-10-5-3-2-4-6-10/h2-8,15H,1H3. The topological polar surface area (TPSA) is 20.2 Å². The molecule has 1 nitrogen and oxygen atoms in total. The molecule has 0 aliphatic carbocycles. The van der Waals surface area contributed by atoms with Gasteiger partial charge in [0.15, 0.2) is 0 Å². The van der Waals surface area contributed by atoms with Crippen LogP contribution in [0.25, 0.3) is 0 Å². The SMILES string of the molecule is Cc1cc(Cl)c(O)c(Sc2ccccc2)c1. The molecule has 0 aromatic heterocycles. The van der Waals surface area contributed by atoms with Gasteiger partial charge in [0.2, 0.25) is 0 Å². The van der Waals surface area contributed by atoms with Crippen LogP contribution >= 0.6 is 23.4 Å². The van der Waals surface area contributed by atoms with E-state index in [0.717, 1.165) is 15.4 Å². The average Bonchev–Trinajstić information content (AvgIpc) is 2.27. The van der Waals surface area contributed by atoms with E-state index in [9.17, 15) is 5.11 Å². The van der Waals surface area contributed by atoms with Gasteiger partial charge in [0.05, 0.1) is 9.92 Å². The van der Waals surface area contributed by atoms with Crippen molar-refractivity contribution in [1.82, 2.24) is 0 Å². The molecule has 0 spiro atoms. The summed E-state index contributed by atoms with van der Waals surface area (Å²) < 4.78 is 0. The molecule has 82 valence electrons. The van der Waals surface area contributed by atoms with Gasteiger partial charge in [-0.05, 0) is 36.8 Å². The third kappa shape index (κ3) is 2.52. The number of rotatable bonds is 2. The van der Waals surface area contributed by atoms with E-state index in [-0.39, 0.29) is 5.75 Å². The second-order valence-corrected chi connectivity index (χ2v) is 5.03. The number of hydrogen-bond donors (Lipinski definition) is 1. The van der Waals surface area contributed by atoms with Gasteiger partial charge in [-0.1, -0.05) is 41.6 Å². The maximum atomic E-state index is 9.83. The lowest BCUT2D eigenvalue weighted by atomic mass is 10.2. The monoisotopic (exact) mass is 250 g/mol. The van der Waals surface area contributed by atoms with Gasteiger partial charge in [-0.3, -0.25) is 0 Å². The van der Waals surface area contributed by atoms with Crippen LogP contribution in [0.3, 0.4) is 0 Å². The first-order valence-electron chi connectivity index (χ1n) is 4.89. The normalized spacial score (nSPS) is 10.4. The van der Waals surface area contributed by atoms with Crippen LogP contribution in [0.5, 0.6) is 5.75 Å². The number of benzene rings is 2. The van der Waals surface area contributed by atoms with Crippen molar-refractivity contribution in [3.63, 3.8) is 0 Å². The zero-order valence-electron chi connectivity index (χ0n) is 8.77. The van der Waals surface area contributed by atoms with Crippen LogP contribution in [0.1, 0.15) is 5.56 Å². The second-order valence-electron chi connectivity index (χ2n) is 3.51. The molecule has 3 heteroatoms. The van der Waals surface area contributed by atoms with Crippen molar-refractivity contribution in [2.75, 3.05) is 0 Å². The van der Waals surface area contributed by atoms with E-state index in [4.69, 9.17) is 11.6 Å². The van der Waals surface area contributed by atoms with Gasteiger partial charge in [-0.2, -0.15) is 0 Å². The summed E-state index contributed by atoms with van der Waals surface area (Å²) in [6, 6.07) is 13.6. The Hall–Kier alpha value is -1.12. The molecular formula is C13H11ClOS. The Kier molecular flexibility index (Phi) is 3.42. The number of aromatic hydroxyl groups is 1. The molecule has 0 heterocycles. The van der Waals surface area contributed by atoms with Crippen LogP contribution in [0, 0.1) is 6.92 Å². The zero-order chi connectivity index (χ0) is 11.5. The predicted octanol–water partition coefficient (Wildman–Crippen LogP) is 4.51. The van der Waals surface area contributed by atoms with Crippen LogP contribution in [0.15, 0.2) is 52.3 Å². The van der Waals surface area contributed by atoms with E-state index in [1.165, 1.54) is 11.8 Å². The number of halogens is 1. The van der Waals surface area contributed by atoms with Crippen LogP contribution < -0.4 is 0 Å². The van der Waals surface area contributed by atoms with Gasteiger partial charge in [0.25, 0.3) is 0 Å². The summed E-state index contributed by atoms with van der Waals surface area (Å²) in [6.07, 6.45) is 0. The van der Waals surface area contributed by atoms with Crippen molar-refractivity contribution < 1.29 is 5.11 Å². The molecular weight excluding hydrogens is 240 g/mol. The summed E-state index contributed by atoms with van der Waals surface area (Å²) in [7, 11) is 0. The minimum atomic E-state index is 0.154. The Labute approximate surface area is 104 Å². The number of phenolic OH excluding ortho intramolecular Hbond substituents is 1. The summed E-state index contributed by atoms with van der Waals surface area (Å²) in [6.45, 7) is 1.96. The molecule has 0 amide bonds. The van der Waals surface area contributed by atoms with Gasteiger partial charge in [0.1, 0.15) is 5.75 Å². The molecule has 2 aromatic carbocycles. The van der Waals surface area contributed by atoms with Gasteiger partial charge in [-0.25, -0.2) is 0 Å². The lowest BCUT2D eigenvalue weighted by Crippen LogP contribution is -1.80. The molecule has 0 atom stereocenters. The van der Waals surface area contributed by atoms with E-state index >= 15 is 0 Å². The fourth-order valence-electron chi connectivity index (χ4n) is 1.40. The largest absolute Gasteiger partial charge is 0.505 e. The minimum Gasteiger partial charge on any atom is -0.505 e. The van der Waals surface area contributed by atoms with Crippen LogP contribution in [0.2, 0.25) is 5.02 Å². The van der Waals surface area contributed by atoms with Crippen LogP contribution in [-0.4, -0.2) is 5.11 Å². The highest BCUT2D eigenvalue weighted by atomic mass is 35.5. The van der Waals surface area contributed by atoms with E-state index in [2.05, 4.69) is 0 Å². The fourth-order valence-corrected chi connectivity index (χ4v) is 2.72. The lowest BCUT2D eigenvalue weighted by Gasteiger charge is -2.07.